The summed E-state index contributed by atoms with van der Waals surface area (Å²) in [5, 5.41) is 19.0. The third-order valence-electron chi connectivity index (χ3n) is 5.28. The maximum absolute atomic E-state index is 10.3. The average molecular weight is 193 g/mol. The van der Waals surface area contributed by atoms with Crippen molar-refractivity contribution in [3.63, 3.8) is 0 Å². The highest BCUT2D eigenvalue weighted by atomic mass is 16.3. The van der Waals surface area contributed by atoms with Gasteiger partial charge in [-0.3, -0.25) is 0 Å². The average Bonchev–Trinajstić information content (AvgIpc) is 2.41. The maximum Gasteiger partial charge on any atom is 0.0639 e. The van der Waals surface area contributed by atoms with Gasteiger partial charge >= 0.3 is 0 Å². The minimum absolute atomic E-state index is 0.0409. The summed E-state index contributed by atoms with van der Waals surface area (Å²) in [6.45, 7) is 6.70. The molecule has 2 rings (SSSR count). The molecule has 2 aliphatic carbocycles. The Morgan fingerprint density at radius 3 is 2.50 bits per heavy atom. The molecule has 0 aromatic carbocycles. The first-order chi connectivity index (χ1) is 6.45. The Kier molecular flexibility index (Phi) is 1.95. The fraction of sp³-hybridized carbons (Fsp3) is 0.917. The quantitative estimate of drug-likeness (QED) is 0.694. The first-order valence-corrected chi connectivity index (χ1v) is 5.50. The van der Waals surface area contributed by atoms with E-state index in [-0.39, 0.29) is 22.9 Å². The van der Waals surface area contributed by atoms with Crippen molar-refractivity contribution in [2.75, 3.05) is 0 Å². The highest BCUT2D eigenvalue weighted by Crippen LogP contribution is 2.68. The Morgan fingerprint density at radius 1 is 1.43 bits per heavy atom. The summed E-state index contributed by atoms with van der Waals surface area (Å²) in [5.74, 6) is 0.760. The van der Waals surface area contributed by atoms with Crippen molar-refractivity contribution in [1.29, 1.82) is 5.26 Å². The van der Waals surface area contributed by atoms with Crippen molar-refractivity contribution in [3.05, 3.63) is 0 Å². The van der Waals surface area contributed by atoms with Gasteiger partial charge in [0.05, 0.1) is 12.2 Å². The number of fused-ring (bicyclic) bond motifs is 2. The van der Waals surface area contributed by atoms with E-state index < -0.39 is 0 Å². The van der Waals surface area contributed by atoms with E-state index >= 15 is 0 Å². The van der Waals surface area contributed by atoms with Crippen molar-refractivity contribution >= 4 is 0 Å². The molecule has 0 saturated heterocycles. The van der Waals surface area contributed by atoms with Crippen LogP contribution >= 0.6 is 0 Å². The Bertz CT molecular complexity index is 291. The van der Waals surface area contributed by atoms with Crippen LogP contribution < -0.4 is 0 Å². The van der Waals surface area contributed by atoms with Crippen LogP contribution in [0, 0.1) is 34.0 Å². The van der Waals surface area contributed by atoms with Gasteiger partial charge in [-0.15, -0.1) is 0 Å². The Balaban J connectivity index is 2.35. The summed E-state index contributed by atoms with van der Waals surface area (Å²) in [6.07, 6.45) is 2.56. The molecule has 0 amide bonds. The van der Waals surface area contributed by atoms with E-state index in [1.165, 1.54) is 6.42 Å². The standard InChI is InChI=1S/C12H19NO/c1-11(2)9-4-6-12(11,3)10(14)8(9)5-7-13/h8-10,14H,4-6H2,1-3H3/t8-,9-,10-,12+/m1/s1. The predicted octanol–water partition coefficient (Wildman–Crippen LogP) is 2.33. The van der Waals surface area contributed by atoms with Crippen LogP contribution in [0.25, 0.3) is 0 Å². The summed E-state index contributed by atoms with van der Waals surface area (Å²) in [5.41, 5.74) is 0.243. The third kappa shape index (κ3) is 0.892. The number of hydrogen-bond acceptors (Lipinski definition) is 2. The molecule has 2 bridgehead atoms. The van der Waals surface area contributed by atoms with Crippen LogP contribution in [-0.4, -0.2) is 11.2 Å². The van der Waals surface area contributed by atoms with Gasteiger partial charge in [0.25, 0.3) is 0 Å². The van der Waals surface area contributed by atoms with Gasteiger partial charge in [0.1, 0.15) is 0 Å². The normalized spacial score (nSPS) is 49.2. The smallest absolute Gasteiger partial charge is 0.0639 e. The molecule has 0 aromatic rings. The molecule has 0 heterocycles. The molecule has 0 spiro atoms. The van der Waals surface area contributed by atoms with Gasteiger partial charge in [-0.25, -0.2) is 0 Å². The van der Waals surface area contributed by atoms with E-state index in [2.05, 4.69) is 26.8 Å². The molecule has 2 heteroatoms. The van der Waals surface area contributed by atoms with Crippen LogP contribution in [0.5, 0.6) is 0 Å². The molecular weight excluding hydrogens is 174 g/mol. The van der Waals surface area contributed by atoms with Crippen molar-refractivity contribution in [3.8, 4) is 6.07 Å². The number of aliphatic hydroxyl groups excluding tert-OH is 1. The van der Waals surface area contributed by atoms with E-state index in [9.17, 15) is 5.11 Å². The summed E-state index contributed by atoms with van der Waals surface area (Å²) < 4.78 is 0. The molecule has 0 radical (unpaired) electrons. The third-order valence-corrected chi connectivity index (χ3v) is 5.28. The van der Waals surface area contributed by atoms with Crippen molar-refractivity contribution < 1.29 is 5.11 Å². The lowest BCUT2D eigenvalue weighted by molar-refractivity contribution is -0.00924. The number of rotatable bonds is 1. The summed E-state index contributed by atoms with van der Waals surface area (Å²) in [7, 11) is 0. The van der Waals surface area contributed by atoms with Gasteiger partial charge in [0.2, 0.25) is 0 Å². The predicted molar refractivity (Wildman–Crippen MR) is 54.3 cm³/mol. The van der Waals surface area contributed by atoms with E-state index in [1.807, 2.05) is 0 Å². The fourth-order valence-corrected chi connectivity index (χ4v) is 3.89. The second kappa shape index (κ2) is 2.73. The van der Waals surface area contributed by atoms with E-state index in [1.54, 1.807) is 0 Å². The molecule has 14 heavy (non-hydrogen) atoms. The molecule has 2 nitrogen and oxygen atoms in total. The topological polar surface area (TPSA) is 44.0 Å². The molecule has 78 valence electrons. The van der Waals surface area contributed by atoms with Crippen LogP contribution in [0.4, 0.5) is 0 Å². The number of nitriles is 1. The maximum atomic E-state index is 10.3. The fourth-order valence-electron chi connectivity index (χ4n) is 3.89. The summed E-state index contributed by atoms with van der Waals surface area (Å²) in [6, 6.07) is 2.22. The molecule has 0 aromatic heterocycles. The molecule has 2 saturated carbocycles. The molecular formula is C12H19NO. The molecule has 2 fully saturated rings. The first kappa shape index (κ1) is 9.98. The molecule has 4 atom stereocenters. The second-order valence-electron chi connectivity index (χ2n) is 5.76. The van der Waals surface area contributed by atoms with Gasteiger partial charge in [-0.05, 0) is 29.6 Å². The van der Waals surface area contributed by atoms with Gasteiger partial charge in [-0.2, -0.15) is 5.26 Å². The van der Waals surface area contributed by atoms with Gasteiger partial charge in [0.15, 0.2) is 0 Å². The minimum atomic E-state index is -0.268. The van der Waals surface area contributed by atoms with Crippen molar-refractivity contribution in [1.82, 2.24) is 0 Å². The first-order valence-electron chi connectivity index (χ1n) is 5.50. The highest BCUT2D eigenvalue weighted by Gasteiger charge is 2.65. The molecule has 0 unspecified atom stereocenters. The van der Waals surface area contributed by atoms with Gasteiger partial charge in [0, 0.05) is 12.3 Å². The monoisotopic (exact) mass is 193 g/mol. The Labute approximate surface area is 85.9 Å². The van der Waals surface area contributed by atoms with Gasteiger partial charge in [-0.1, -0.05) is 20.8 Å². The largest absolute Gasteiger partial charge is 0.392 e. The highest BCUT2D eigenvalue weighted by molar-refractivity contribution is 5.15. The number of hydrogen-bond donors (Lipinski definition) is 1. The number of aliphatic hydroxyl groups is 1. The van der Waals surface area contributed by atoms with Crippen LogP contribution in [0.3, 0.4) is 0 Å². The van der Waals surface area contributed by atoms with E-state index in [0.717, 1.165) is 6.42 Å². The van der Waals surface area contributed by atoms with Crippen LogP contribution in [-0.2, 0) is 0 Å². The van der Waals surface area contributed by atoms with Crippen molar-refractivity contribution in [2.24, 2.45) is 22.7 Å². The molecule has 2 aliphatic rings. The van der Waals surface area contributed by atoms with Gasteiger partial charge < -0.3 is 5.11 Å². The lowest BCUT2D eigenvalue weighted by atomic mass is 9.70. The zero-order valence-electron chi connectivity index (χ0n) is 9.25. The van der Waals surface area contributed by atoms with Crippen molar-refractivity contribution in [2.45, 2.75) is 46.1 Å². The minimum Gasteiger partial charge on any atom is -0.392 e. The lowest BCUT2D eigenvalue weighted by Gasteiger charge is -2.37. The van der Waals surface area contributed by atoms with Crippen LogP contribution in [0.2, 0.25) is 0 Å². The Morgan fingerprint density at radius 2 is 2.07 bits per heavy atom. The van der Waals surface area contributed by atoms with E-state index in [4.69, 9.17) is 5.26 Å². The molecule has 1 N–H and O–H groups in total. The van der Waals surface area contributed by atoms with E-state index in [0.29, 0.717) is 12.3 Å². The summed E-state index contributed by atoms with van der Waals surface area (Å²) >= 11 is 0. The van der Waals surface area contributed by atoms with Crippen LogP contribution in [0.1, 0.15) is 40.0 Å². The molecule has 0 aliphatic heterocycles. The zero-order chi connectivity index (χ0) is 10.6. The number of nitrogens with zero attached hydrogens (tertiary/aromatic N) is 1. The van der Waals surface area contributed by atoms with Crippen LogP contribution in [0.15, 0.2) is 0 Å². The SMILES string of the molecule is CC1(C)[C@@H]2CC[C@@]1(C)[C@H](O)[C@@H]2CC#N. The zero-order valence-corrected chi connectivity index (χ0v) is 9.25. The second-order valence-corrected chi connectivity index (χ2v) is 5.76. The lowest BCUT2D eigenvalue weighted by Crippen LogP contribution is -2.37. The summed E-state index contributed by atoms with van der Waals surface area (Å²) in [4.78, 5) is 0. The Hall–Kier alpha value is -0.550.